The second kappa shape index (κ2) is 10.5. The van der Waals surface area contributed by atoms with E-state index in [-0.39, 0.29) is 39.2 Å². The topological polar surface area (TPSA) is 70.2 Å². The van der Waals surface area contributed by atoms with Crippen molar-refractivity contribution in [3.8, 4) is 0 Å². The third kappa shape index (κ3) is 5.27. The van der Waals surface area contributed by atoms with Crippen LogP contribution in [0.5, 0.6) is 0 Å². The minimum absolute atomic E-state index is 0.00364. The van der Waals surface area contributed by atoms with E-state index in [0.29, 0.717) is 0 Å². The van der Waals surface area contributed by atoms with Gasteiger partial charge in [0, 0.05) is 12.3 Å². The van der Waals surface area contributed by atoms with Gasteiger partial charge < -0.3 is 10.6 Å². The molecule has 34 heavy (non-hydrogen) atoms. The minimum Gasteiger partial charge on any atom is -0.348 e. The van der Waals surface area contributed by atoms with E-state index in [1.807, 2.05) is 37.3 Å². The maximum atomic E-state index is 14.8. The van der Waals surface area contributed by atoms with Crippen molar-refractivity contribution < 1.29 is 9.18 Å². The largest absolute Gasteiger partial charge is 0.348 e. The van der Waals surface area contributed by atoms with Crippen LogP contribution in [0.1, 0.15) is 18.5 Å². The molecule has 0 spiro atoms. The molecule has 0 aliphatic rings. The van der Waals surface area contributed by atoms with Gasteiger partial charge in [0.1, 0.15) is 11.6 Å². The fourth-order valence-corrected chi connectivity index (χ4v) is 3.80. The number of urea groups is 1. The summed E-state index contributed by atoms with van der Waals surface area (Å²) in [6, 6.07) is 21.2. The van der Waals surface area contributed by atoms with Crippen LogP contribution in [0.2, 0.25) is 10.0 Å². The zero-order chi connectivity index (χ0) is 24.1. The van der Waals surface area contributed by atoms with Gasteiger partial charge in [0.15, 0.2) is 0 Å². The van der Waals surface area contributed by atoms with Crippen molar-refractivity contribution in [1.82, 2.24) is 9.97 Å². The second-order valence-corrected chi connectivity index (χ2v) is 8.14. The highest BCUT2D eigenvalue weighted by Gasteiger charge is 2.24. The first-order valence-corrected chi connectivity index (χ1v) is 11.1. The zero-order valence-electron chi connectivity index (χ0n) is 18.0. The van der Waals surface area contributed by atoms with E-state index >= 15 is 0 Å². The predicted molar refractivity (Wildman–Crippen MR) is 135 cm³/mol. The van der Waals surface area contributed by atoms with Crippen molar-refractivity contribution in [3.63, 3.8) is 0 Å². The van der Waals surface area contributed by atoms with Gasteiger partial charge in [-0.25, -0.2) is 19.1 Å². The molecule has 4 aromatic rings. The molecule has 172 valence electrons. The average molecular weight is 496 g/mol. The van der Waals surface area contributed by atoms with E-state index in [1.54, 1.807) is 24.3 Å². The molecular weight excluding hydrogens is 476 g/mol. The van der Waals surface area contributed by atoms with Gasteiger partial charge in [-0.15, -0.1) is 0 Å². The standard InChI is InChI=1S/C25H20Cl2FN5O/c1-16(17-8-3-2-4-9-17)30-24-29-15-14-22(31-24)33(21-13-6-5-12-20(21)28)25(34)32-23-18(26)10-7-11-19(23)27/h2-16H,1H3,(H,32,34)(H,29,30,31). The van der Waals surface area contributed by atoms with E-state index < -0.39 is 11.8 Å². The number of carbonyl (C=O) groups is 1. The molecule has 0 aliphatic carbocycles. The summed E-state index contributed by atoms with van der Waals surface area (Å²) in [5, 5.41) is 6.37. The summed E-state index contributed by atoms with van der Waals surface area (Å²) in [7, 11) is 0. The lowest BCUT2D eigenvalue weighted by molar-refractivity contribution is 0.258. The van der Waals surface area contributed by atoms with Crippen molar-refractivity contribution in [3.05, 3.63) is 106 Å². The normalized spacial score (nSPS) is 11.5. The summed E-state index contributed by atoms with van der Waals surface area (Å²) >= 11 is 12.4. The molecule has 2 N–H and O–H groups in total. The Kier molecular flexibility index (Phi) is 7.25. The maximum Gasteiger partial charge on any atom is 0.332 e. The summed E-state index contributed by atoms with van der Waals surface area (Å²) < 4.78 is 14.8. The van der Waals surface area contributed by atoms with Crippen LogP contribution in [-0.4, -0.2) is 16.0 Å². The number of hydrogen-bond donors (Lipinski definition) is 2. The van der Waals surface area contributed by atoms with Crippen molar-refractivity contribution in [2.24, 2.45) is 0 Å². The monoisotopic (exact) mass is 495 g/mol. The highest BCUT2D eigenvalue weighted by atomic mass is 35.5. The van der Waals surface area contributed by atoms with Crippen molar-refractivity contribution >= 4 is 52.4 Å². The fraction of sp³-hybridized carbons (Fsp3) is 0.0800. The Balaban J connectivity index is 1.69. The minimum atomic E-state index is -0.694. The van der Waals surface area contributed by atoms with Gasteiger partial charge in [0.25, 0.3) is 0 Å². The molecule has 1 aromatic heterocycles. The first-order valence-electron chi connectivity index (χ1n) is 10.4. The van der Waals surface area contributed by atoms with Crippen LogP contribution in [0.25, 0.3) is 0 Å². The second-order valence-electron chi connectivity index (χ2n) is 7.33. The molecule has 1 atom stereocenters. The number of para-hydroxylation sites is 2. The highest BCUT2D eigenvalue weighted by Crippen LogP contribution is 2.33. The molecule has 0 radical (unpaired) electrons. The molecule has 0 saturated heterocycles. The molecule has 0 aliphatic heterocycles. The molecule has 0 bridgehead atoms. The number of carbonyl (C=O) groups excluding carboxylic acids is 1. The Morgan fingerprint density at radius 2 is 1.62 bits per heavy atom. The maximum absolute atomic E-state index is 14.8. The number of amides is 2. The third-order valence-corrected chi connectivity index (χ3v) is 5.64. The highest BCUT2D eigenvalue weighted by molar-refractivity contribution is 6.40. The van der Waals surface area contributed by atoms with E-state index in [0.717, 1.165) is 10.5 Å². The van der Waals surface area contributed by atoms with Gasteiger partial charge in [-0.3, -0.25) is 0 Å². The van der Waals surface area contributed by atoms with Crippen LogP contribution in [0.4, 0.5) is 32.3 Å². The van der Waals surface area contributed by atoms with Crippen LogP contribution in [0.15, 0.2) is 85.1 Å². The number of aromatic nitrogens is 2. The first kappa shape index (κ1) is 23.5. The number of nitrogens with zero attached hydrogens (tertiary/aromatic N) is 3. The zero-order valence-corrected chi connectivity index (χ0v) is 19.6. The number of anilines is 4. The average Bonchev–Trinajstić information content (AvgIpc) is 2.84. The first-order chi connectivity index (χ1) is 16.4. The molecule has 0 fully saturated rings. The van der Waals surface area contributed by atoms with Gasteiger partial charge in [-0.2, -0.15) is 4.98 Å². The van der Waals surface area contributed by atoms with Crippen molar-refractivity contribution in [2.75, 3.05) is 15.5 Å². The number of rotatable bonds is 6. The third-order valence-electron chi connectivity index (χ3n) is 5.01. The van der Waals surface area contributed by atoms with E-state index in [9.17, 15) is 9.18 Å². The Labute approximate surface area is 206 Å². The summed E-state index contributed by atoms with van der Waals surface area (Å²) in [5.74, 6) is -0.170. The van der Waals surface area contributed by atoms with Crippen molar-refractivity contribution in [2.45, 2.75) is 13.0 Å². The Bertz CT molecular complexity index is 1290. The SMILES string of the molecule is CC(Nc1nccc(N(C(=O)Nc2c(Cl)cccc2Cl)c2ccccc2F)n1)c1ccccc1. The molecular formula is C25H20Cl2FN5O. The lowest BCUT2D eigenvalue weighted by Crippen LogP contribution is -2.32. The van der Waals surface area contributed by atoms with E-state index in [2.05, 4.69) is 20.6 Å². The Morgan fingerprint density at radius 1 is 0.941 bits per heavy atom. The predicted octanol–water partition coefficient (Wildman–Crippen LogP) is 7.47. The van der Waals surface area contributed by atoms with E-state index in [4.69, 9.17) is 23.2 Å². The summed E-state index contributed by atoms with van der Waals surface area (Å²) in [6.07, 6.45) is 1.49. The number of benzene rings is 3. The van der Waals surface area contributed by atoms with Gasteiger partial charge in [-0.05, 0) is 36.8 Å². The molecule has 1 heterocycles. The fourth-order valence-electron chi connectivity index (χ4n) is 3.31. The van der Waals surface area contributed by atoms with Crippen LogP contribution in [-0.2, 0) is 0 Å². The van der Waals surface area contributed by atoms with Crippen LogP contribution >= 0.6 is 23.2 Å². The van der Waals surface area contributed by atoms with E-state index in [1.165, 1.54) is 30.5 Å². The summed E-state index contributed by atoms with van der Waals surface area (Å²) in [4.78, 5) is 23.2. The van der Waals surface area contributed by atoms with Crippen LogP contribution in [0.3, 0.4) is 0 Å². The van der Waals surface area contributed by atoms with Crippen LogP contribution in [0, 0.1) is 5.82 Å². The number of halogens is 3. The molecule has 9 heteroatoms. The lowest BCUT2D eigenvalue weighted by Gasteiger charge is -2.24. The molecule has 3 aromatic carbocycles. The smallest absolute Gasteiger partial charge is 0.332 e. The lowest BCUT2D eigenvalue weighted by atomic mass is 10.1. The summed E-state index contributed by atoms with van der Waals surface area (Å²) in [5.41, 5.74) is 1.25. The van der Waals surface area contributed by atoms with Crippen molar-refractivity contribution in [1.29, 1.82) is 0 Å². The molecule has 0 saturated carbocycles. The molecule has 6 nitrogen and oxygen atoms in total. The quantitative estimate of drug-likeness (QED) is 0.291. The van der Waals surface area contributed by atoms with Gasteiger partial charge in [0.2, 0.25) is 5.95 Å². The summed E-state index contributed by atoms with van der Waals surface area (Å²) in [6.45, 7) is 1.96. The molecule has 1 unspecified atom stereocenters. The van der Waals surface area contributed by atoms with Gasteiger partial charge in [0.05, 0.1) is 27.5 Å². The van der Waals surface area contributed by atoms with Gasteiger partial charge >= 0.3 is 6.03 Å². The molecule has 4 rings (SSSR count). The van der Waals surface area contributed by atoms with Crippen LogP contribution < -0.4 is 15.5 Å². The number of nitrogens with one attached hydrogen (secondary N) is 2. The Hall–Kier alpha value is -3.68. The Morgan fingerprint density at radius 3 is 2.32 bits per heavy atom. The number of hydrogen-bond acceptors (Lipinski definition) is 4. The van der Waals surface area contributed by atoms with Gasteiger partial charge in [-0.1, -0.05) is 71.7 Å². The molecule has 2 amide bonds.